The highest BCUT2D eigenvalue weighted by molar-refractivity contribution is 14.0. The molecule has 0 atom stereocenters. The third kappa shape index (κ3) is 8.56. The van der Waals surface area contributed by atoms with Crippen molar-refractivity contribution < 1.29 is 4.79 Å². The molecule has 0 aliphatic rings. The van der Waals surface area contributed by atoms with Gasteiger partial charge in [0.2, 0.25) is 5.91 Å². The van der Waals surface area contributed by atoms with Crippen LogP contribution in [0, 0.1) is 13.8 Å². The highest BCUT2D eigenvalue weighted by Gasteiger charge is 2.06. The number of hydrogen-bond acceptors (Lipinski definition) is 4. The molecule has 2 aromatic rings. The molecule has 3 N–H and O–H groups in total. The van der Waals surface area contributed by atoms with Gasteiger partial charge in [-0.1, -0.05) is 22.0 Å². The lowest BCUT2D eigenvalue weighted by Gasteiger charge is -2.11. The molecule has 1 amide bonds. The molecule has 0 spiro atoms. The minimum Gasteiger partial charge on any atom is -0.357 e. The molecule has 0 unspecified atom stereocenters. The molecule has 1 aromatic heterocycles. The lowest BCUT2D eigenvalue weighted by Crippen LogP contribution is -2.39. The van der Waals surface area contributed by atoms with Crippen molar-refractivity contribution in [1.29, 1.82) is 0 Å². The van der Waals surface area contributed by atoms with Gasteiger partial charge >= 0.3 is 0 Å². The molecule has 148 valence electrons. The van der Waals surface area contributed by atoms with Crippen molar-refractivity contribution in [2.24, 2.45) is 4.99 Å². The molecule has 0 aliphatic heterocycles. The van der Waals surface area contributed by atoms with E-state index >= 15 is 0 Å². The fourth-order valence-corrected chi connectivity index (χ4v) is 3.36. The number of aromatic nitrogens is 1. The summed E-state index contributed by atoms with van der Waals surface area (Å²) in [5, 5.41) is 10.4. The minimum atomic E-state index is -0.154. The molecule has 0 fully saturated rings. The van der Waals surface area contributed by atoms with E-state index in [-0.39, 0.29) is 36.4 Å². The molecular formula is C18H25BrIN5OS. The third-order valence-electron chi connectivity index (χ3n) is 3.50. The van der Waals surface area contributed by atoms with Crippen LogP contribution < -0.4 is 16.0 Å². The summed E-state index contributed by atoms with van der Waals surface area (Å²) >= 11 is 5.11. The highest BCUT2D eigenvalue weighted by Crippen LogP contribution is 2.20. The van der Waals surface area contributed by atoms with Crippen molar-refractivity contribution in [3.05, 3.63) is 44.3 Å². The summed E-state index contributed by atoms with van der Waals surface area (Å²) in [6.07, 6.45) is 2.71. The Morgan fingerprint density at radius 3 is 2.74 bits per heavy atom. The van der Waals surface area contributed by atoms with Gasteiger partial charge in [0.1, 0.15) is 6.54 Å². The molecule has 2 rings (SSSR count). The summed E-state index contributed by atoms with van der Waals surface area (Å²) in [6.45, 7) is 7.49. The van der Waals surface area contributed by atoms with Crippen LogP contribution in [0.2, 0.25) is 0 Å². The van der Waals surface area contributed by atoms with Crippen molar-refractivity contribution in [2.75, 3.05) is 25.0 Å². The first-order chi connectivity index (χ1) is 12.5. The normalized spacial score (nSPS) is 10.9. The van der Waals surface area contributed by atoms with Crippen molar-refractivity contribution in [2.45, 2.75) is 27.2 Å². The van der Waals surface area contributed by atoms with Crippen LogP contribution in [0.25, 0.3) is 0 Å². The molecule has 0 aliphatic carbocycles. The van der Waals surface area contributed by atoms with Gasteiger partial charge in [-0.05, 0) is 38.5 Å². The van der Waals surface area contributed by atoms with E-state index in [0.717, 1.165) is 33.7 Å². The molecule has 1 aromatic carbocycles. The van der Waals surface area contributed by atoms with Crippen LogP contribution in [0.3, 0.4) is 0 Å². The summed E-state index contributed by atoms with van der Waals surface area (Å²) < 4.78 is 0.925. The Morgan fingerprint density at radius 1 is 1.30 bits per heavy atom. The molecule has 0 saturated carbocycles. The monoisotopic (exact) mass is 565 g/mol. The number of aryl methyl sites for hydroxylation is 2. The second-order valence-corrected chi connectivity index (χ2v) is 7.98. The zero-order chi connectivity index (χ0) is 18.9. The molecule has 1 heterocycles. The van der Waals surface area contributed by atoms with Crippen LogP contribution in [0.5, 0.6) is 0 Å². The van der Waals surface area contributed by atoms with Gasteiger partial charge in [-0.2, -0.15) is 0 Å². The van der Waals surface area contributed by atoms with Crippen LogP contribution in [0.4, 0.5) is 5.69 Å². The second-order valence-electron chi connectivity index (χ2n) is 5.74. The first kappa shape index (κ1) is 23.8. The first-order valence-electron chi connectivity index (χ1n) is 8.47. The van der Waals surface area contributed by atoms with Gasteiger partial charge in [-0.15, -0.1) is 35.3 Å². The van der Waals surface area contributed by atoms with E-state index in [1.54, 1.807) is 11.3 Å². The first-order valence-corrected chi connectivity index (χ1v) is 10.1. The van der Waals surface area contributed by atoms with E-state index < -0.39 is 0 Å². The van der Waals surface area contributed by atoms with Crippen molar-refractivity contribution in [3.8, 4) is 0 Å². The lowest BCUT2D eigenvalue weighted by molar-refractivity contribution is -0.114. The van der Waals surface area contributed by atoms with Crippen LogP contribution >= 0.6 is 51.2 Å². The van der Waals surface area contributed by atoms with Gasteiger partial charge in [-0.3, -0.25) is 4.79 Å². The number of halogens is 2. The zero-order valence-corrected chi connectivity index (χ0v) is 20.4. The number of carbonyl (C=O) groups excluding carboxylic acids is 1. The predicted molar refractivity (Wildman–Crippen MR) is 127 cm³/mol. The molecule has 9 heteroatoms. The SMILES string of the molecule is CCNC(=NCC(=O)Nc1cc(Br)ccc1C)NCCc1ncc(C)s1.I. The Morgan fingerprint density at radius 2 is 2.07 bits per heavy atom. The smallest absolute Gasteiger partial charge is 0.246 e. The standard InChI is InChI=1S/C18H24BrN5OS.HI/c1-4-20-18(21-8-7-17-22-10-13(3)26-17)23-11-16(25)24-15-9-14(19)6-5-12(15)2;/h5-6,9-10H,4,7-8,11H2,1-3H3,(H,24,25)(H2,20,21,23);1H. The number of rotatable bonds is 7. The molecule has 6 nitrogen and oxygen atoms in total. The van der Waals surface area contributed by atoms with Crippen LogP contribution in [0.15, 0.2) is 33.9 Å². The number of aliphatic imine (C=N–C) groups is 1. The number of carbonyl (C=O) groups is 1. The molecular weight excluding hydrogens is 541 g/mol. The predicted octanol–water partition coefficient (Wildman–Crippen LogP) is 3.88. The quantitative estimate of drug-likeness (QED) is 0.270. The Bertz CT molecular complexity index is 781. The fourth-order valence-electron chi connectivity index (χ4n) is 2.22. The largest absolute Gasteiger partial charge is 0.357 e. The van der Waals surface area contributed by atoms with Gasteiger partial charge in [0.15, 0.2) is 5.96 Å². The summed E-state index contributed by atoms with van der Waals surface area (Å²) in [5.74, 6) is 0.473. The molecule has 0 radical (unpaired) electrons. The van der Waals surface area contributed by atoms with Crippen LogP contribution in [-0.4, -0.2) is 36.5 Å². The van der Waals surface area contributed by atoms with Gasteiger partial charge in [0.25, 0.3) is 0 Å². The lowest BCUT2D eigenvalue weighted by atomic mass is 10.2. The Labute approximate surface area is 189 Å². The molecule has 0 saturated heterocycles. The number of nitrogens with zero attached hydrogens (tertiary/aromatic N) is 2. The second kappa shape index (κ2) is 12.3. The Kier molecular flexibility index (Phi) is 10.9. The van der Waals surface area contributed by atoms with E-state index in [2.05, 4.69) is 41.9 Å². The van der Waals surface area contributed by atoms with E-state index in [0.29, 0.717) is 12.5 Å². The number of hydrogen-bond donors (Lipinski definition) is 3. The number of benzene rings is 1. The van der Waals surface area contributed by atoms with Gasteiger partial charge in [0.05, 0.1) is 5.01 Å². The van der Waals surface area contributed by atoms with Crippen molar-refractivity contribution >= 4 is 68.8 Å². The summed E-state index contributed by atoms with van der Waals surface area (Å²) in [6, 6.07) is 5.78. The minimum absolute atomic E-state index is 0. The number of amides is 1. The summed E-state index contributed by atoms with van der Waals surface area (Å²) in [7, 11) is 0. The number of guanidine groups is 1. The molecule has 0 bridgehead atoms. The number of nitrogens with one attached hydrogen (secondary N) is 3. The van der Waals surface area contributed by atoms with E-state index in [1.807, 2.05) is 45.2 Å². The topological polar surface area (TPSA) is 78.4 Å². The van der Waals surface area contributed by atoms with Crippen LogP contribution in [0.1, 0.15) is 22.4 Å². The average molecular weight is 566 g/mol. The maximum absolute atomic E-state index is 12.2. The zero-order valence-electron chi connectivity index (χ0n) is 15.6. The third-order valence-corrected chi connectivity index (χ3v) is 4.96. The summed E-state index contributed by atoms with van der Waals surface area (Å²) in [4.78, 5) is 22.1. The average Bonchev–Trinajstić information content (AvgIpc) is 3.01. The van der Waals surface area contributed by atoms with Gasteiger partial charge in [0, 0.05) is 40.7 Å². The van der Waals surface area contributed by atoms with Gasteiger partial charge < -0.3 is 16.0 Å². The van der Waals surface area contributed by atoms with E-state index in [4.69, 9.17) is 0 Å². The summed E-state index contributed by atoms with van der Waals surface area (Å²) in [5.41, 5.74) is 1.80. The highest BCUT2D eigenvalue weighted by atomic mass is 127. The maximum Gasteiger partial charge on any atom is 0.246 e. The van der Waals surface area contributed by atoms with Crippen molar-refractivity contribution in [3.63, 3.8) is 0 Å². The number of anilines is 1. The van der Waals surface area contributed by atoms with Crippen LogP contribution in [-0.2, 0) is 11.2 Å². The van der Waals surface area contributed by atoms with Gasteiger partial charge in [-0.25, -0.2) is 9.98 Å². The Balaban J connectivity index is 0.00000364. The van der Waals surface area contributed by atoms with Crippen molar-refractivity contribution in [1.82, 2.24) is 15.6 Å². The van der Waals surface area contributed by atoms with E-state index in [9.17, 15) is 4.79 Å². The fraction of sp³-hybridized carbons (Fsp3) is 0.389. The molecule has 27 heavy (non-hydrogen) atoms. The maximum atomic E-state index is 12.2. The Hall–Kier alpha value is -1.20. The number of thiazole rings is 1. The van der Waals surface area contributed by atoms with E-state index in [1.165, 1.54) is 4.88 Å².